The van der Waals surface area contributed by atoms with Gasteiger partial charge in [-0.25, -0.2) is 0 Å². The monoisotopic (exact) mass is 346 g/mol. The number of carbonyl (C=O) groups is 1. The first-order valence-electron chi connectivity index (χ1n) is 7.51. The maximum absolute atomic E-state index is 11.8. The zero-order valence-corrected chi connectivity index (χ0v) is 14.4. The number of rotatable bonds is 9. The summed E-state index contributed by atoms with van der Waals surface area (Å²) in [6, 6.07) is 4.60. The van der Waals surface area contributed by atoms with Crippen LogP contribution < -0.4 is 15.8 Å². The molecule has 7 heteroatoms. The van der Waals surface area contributed by atoms with Gasteiger partial charge in [0, 0.05) is 19.1 Å². The van der Waals surface area contributed by atoms with Gasteiger partial charge in [0.05, 0.1) is 13.2 Å². The fourth-order valence-electron chi connectivity index (χ4n) is 2.22. The molecule has 0 saturated heterocycles. The number of hydrogen-bond acceptors (Lipinski definition) is 5. The van der Waals surface area contributed by atoms with E-state index >= 15 is 0 Å². The lowest BCUT2D eigenvalue weighted by Crippen LogP contribution is -2.43. The molecule has 132 valence electrons. The van der Waals surface area contributed by atoms with Gasteiger partial charge >= 0.3 is 0 Å². The molecule has 0 fully saturated rings. The van der Waals surface area contributed by atoms with Gasteiger partial charge < -0.3 is 26.0 Å². The van der Waals surface area contributed by atoms with Gasteiger partial charge in [-0.15, -0.1) is 12.4 Å². The van der Waals surface area contributed by atoms with E-state index in [0.717, 1.165) is 12.0 Å². The van der Waals surface area contributed by atoms with Crippen molar-refractivity contribution in [3.63, 3.8) is 0 Å². The van der Waals surface area contributed by atoms with E-state index in [2.05, 4.69) is 5.32 Å². The third-order valence-electron chi connectivity index (χ3n) is 3.53. The highest BCUT2D eigenvalue weighted by Crippen LogP contribution is 2.27. The lowest BCUT2D eigenvalue weighted by atomic mass is 9.99. The Morgan fingerprint density at radius 1 is 1.43 bits per heavy atom. The number of aromatic hydroxyl groups is 1. The van der Waals surface area contributed by atoms with E-state index in [-0.39, 0.29) is 36.6 Å². The number of aliphatic hydroxyl groups is 1. The molecule has 0 heterocycles. The lowest BCUT2D eigenvalue weighted by Gasteiger charge is -2.17. The second-order valence-electron chi connectivity index (χ2n) is 5.40. The van der Waals surface area contributed by atoms with Gasteiger partial charge in [-0.3, -0.25) is 4.79 Å². The molecule has 23 heavy (non-hydrogen) atoms. The van der Waals surface area contributed by atoms with Crippen LogP contribution in [0.1, 0.15) is 25.3 Å². The van der Waals surface area contributed by atoms with E-state index in [1.165, 1.54) is 7.11 Å². The second-order valence-corrected chi connectivity index (χ2v) is 5.40. The van der Waals surface area contributed by atoms with Crippen molar-refractivity contribution in [1.29, 1.82) is 0 Å². The summed E-state index contributed by atoms with van der Waals surface area (Å²) in [5.41, 5.74) is 6.60. The first-order chi connectivity index (χ1) is 10.5. The predicted molar refractivity (Wildman–Crippen MR) is 92.1 cm³/mol. The molecule has 5 N–H and O–H groups in total. The Balaban J connectivity index is 0.00000484. The van der Waals surface area contributed by atoms with Crippen molar-refractivity contribution in [3.05, 3.63) is 23.8 Å². The van der Waals surface area contributed by atoms with Crippen LogP contribution in [0.3, 0.4) is 0 Å². The summed E-state index contributed by atoms with van der Waals surface area (Å²) in [5, 5.41) is 22.0. The summed E-state index contributed by atoms with van der Waals surface area (Å²) >= 11 is 0. The number of carbonyl (C=O) groups excluding carboxylic acids is 1. The summed E-state index contributed by atoms with van der Waals surface area (Å²) in [7, 11) is 1.49. The molecule has 2 unspecified atom stereocenters. The van der Waals surface area contributed by atoms with Gasteiger partial charge in [-0.2, -0.15) is 0 Å². The van der Waals surface area contributed by atoms with Crippen LogP contribution in [-0.2, 0) is 11.2 Å². The van der Waals surface area contributed by atoms with Crippen LogP contribution in [0.25, 0.3) is 0 Å². The largest absolute Gasteiger partial charge is 0.504 e. The Kier molecular flexibility index (Phi) is 10.4. The van der Waals surface area contributed by atoms with Crippen LogP contribution in [0.2, 0.25) is 0 Å². The van der Waals surface area contributed by atoms with Gasteiger partial charge in [0.15, 0.2) is 11.5 Å². The minimum Gasteiger partial charge on any atom is -0.504 e. The molecular weight excluding hydrogens is 320 g/mol. The van der Waals surface area contributed by atoms with E-state index in [1.807, 2.05) is 13.0 Å². The van der Waals surface area contributed by atoms with Gasteiger partial charge in [0.1, 0.15) is 0 Å². The molecule has 6 nitrogen and oxygen atoms in total. The first kappa shape index (κ1) is 21.5. The number of phenols is 1. The van der Waals surface area contributed by atoms with E-state index in [0.29, 0.717) is 25.1 Å². The molecule has 0 spiro atoms. The molecule has 1 rings (SSSR count). The van der Waals surface area contributed by atoms with Crippen LogP contribution >= 0.6 is 12.4 Å². The average Bonchev–Trinajstić information content (AvgIpc) is 2.51. The topological polar surface area (TPSA) is 105 Å². The zero-order valence-electron chi connectivity index (χ0n) is 13.6. The number of nitrogens with one attached hydrogen (secondary N) is 1. The number of hydrogen-bond donors (Lipinski definition) is 4. The minimum absolute atomic E-state index is 0. The van der Waals surface area contributed by atoms with Gasteiger partial charge in [0.25, 0.3) is 0 Å². The van der Waals surface area contributed by atoms with Gasteiger partial charge in [-0.1, -0.05) is 19.4 Å². The van der Waals surface area contributed by atoms with Crippen molar-refractivity contribution < 1.29 is 19.7 Å². The normalized spacial score (nSPS) is 12.9. The Hall–Kier alpha value is -1.50. The SMILES string of the molecule is CCCC(N)C(=O)NCC(CO)Cc1ccc(OC)c(O)c1.Cl. The quantitative estimate of drug-likeness (QED) is 0.538. The van der Waals surface area contributed by atoms with Crippen molar-refractivity contribution in [2.45, 2.75) is 32.2 Å². The number of halogens is 1. The molecule has 0 aromatic heterocycles. The van der Waals surface area contributed by atoms with Crippen LogP contribution in [-0.4, -0.2) is 42.4 Å². The number of benzene rings is 1. The van der Waals surface area contributed by atoms with Crippen LogP contribution in [0, 0.1) is 5.92 Å². The Labute approximate surface area is 143 Å². The molecular formula is C16H27ClN2O4. The molecule has 1 amide bonds. The molecule has 0 radical (unpaired) electrons. The van der Waals surface area contributed by atoms with E-state index in [1.54, 1.807) is 12.1 Å². The van der Waals surface area contributed by atoms with Crippen molar-refractivity contribution in [2.75, 3.05) is 20.3 Å². The summed E-state index contributed by atoms with van der Waals surface area (Å²) in [4.78, 5) is 11.8. The molecule has 0 saturated carbocycles. The highest BCUT2D eigenvalue weighted by atomic mass is 35.5. The zero-order chi connectivity index (χ0) is 16.5. The molecule has 0 aliphatic heterocycles. The predicted octanol–water partition coefficient (Wildman–Crippen LogP) is 1.22. The molecule has 0 aliphatic rings. The number of phenolic OH excluding ortho intramolecular Hbond substituents is 1. The van der Waals surface area contributed by atoms with Gasteiger partial charge in [0.2, 0.25) is 5.91 Å². The third-order valence-corrected chi connectivity index (χ3v) is 3.53. The smallest absolute Gasteiger partial charge is 0.236 e. The Morgan fingerprint density at radius 3 is 2.65 bits per heavy atom. The number of methoxy groups -OCH3 is 1. The molecule has 1 aromatic rings. The van der Waals surface area contributed by atoms with Crippen LogP contribution in [0.4, 0.5) is 0 Å². The van der Waals surface area contributed by atoms with E-state index in [9.17, 15) is 15.0 Å². The number of nitrogens with two attached hydrogens (primary N) is 1. The average molecular weight is 347 g/mol. The highest BCUT2D eigenvalue weighted by molar-refractivity contribution is 5.85. The molecule has 1 aromatic carbocycles. The summed E-state index contributed by atoms with van der Waals surface area (Å²) in [5.74, 6) is 0.136. The van der Waals surface area contributed by atoms with Crippen LogP contribution in [0.15, 0.2) is 18.2 Å². The fourth-order valence-corrected chi connectivity index (χ4v) is 2.22. The Bertz CT molecular complexity index is 485. The van der Waals surface area contributed by atoms with Crippen molar-refractivity contribution in [3.8, 4) is 11.5 Å². The molecule has 2 atom stereocenters. The fraction of sp³-hybridized carbons (Fsp3) is 0.562. The molecule has 0 aliphatic carbocycles. The van der Waals surface area contributed by atoms with Crippen molar-refractivity contribution in [1.82, 2.24) is 5.32 Å². The summed E-state index contributed by atoms with van der Waals surface area (Å²) < 4.78 is 4.99. The van der Waals surface area contributed by atoms with Crippen LogP contribution in [0.5, 0.6) is 11.5 Å². The summed E-state index contributed by atoms with van der Waals surface area (Å²) in [6.45, 7) is 2.26. The number of ether oxygens (including phenoxy) is 1. The maximum atomic E-state index is 11.8. The van der Waals surface area contributed by atoms with E-state index < -0.39 is 6.04 Å². The van der Waals surface area contributed by atoms with Gasteiger partial charge in [-0.05, 0) is 30.5 Å². The summed E-state index contributed by atoms with van der Waals surface area (Å²) in [6.07, 6.45) is 2.03. The van der Waals surface area contributed by atoms with Crippen molar-refractivity contribution in [2.24, 2.45) is 11.7 Å². The number of aliphatic hydroxyl groups excluding tert-OH is 1. The van der Waals surface area contributed by atoms with Crippen molar-refractivity contribution >= 4 is 18.3 Å². The lowest BCUT2D eigenvalue weighted by molar-refractivity contribution is -0.122. The number of amides is 1. The maximum Gasteiger partial charge on any atom is 0.236 e. The standard InChI is InChI=1S/C16H26N2O4.ClH/c1-3-4-13(17)16(21)18-9-12(10-19)7-11-5-6-15(22-2)14(20)8-11;/h5-6,8,12-13,19-20H,3-4,7,9-10,17H2,1-2H3,(H,18,21);1H. The second kappa shape index (κ2) is 11.1. The highest BCUT2D eigenvalue weighted by Gasteiger charge is 2.15. The molecule has 0 bridgehead atoms. The van der Waals surface area contributed by atoms with E-state index in [4.69, 9.17) is 10.5 Å². The first-order valence-corrected chi connectivity index (χ1v) is 7.51. The minimum atomic E-state index is -0.505. The third kappa shape index (κ3) is 7.07. The Morgan fingerprint density at radius 2 is 2.13 bits per heavy atom.